The third kappa shape index (κ3) is 2.90. The number of benzene rings is 2. The summed E-state index contributed by atoms with van der Waals surface area (Å²) in [5.41, 5.74) is 2.91. The fraction of sp³-hybridized carbons (Fsp3) is 0.286. The second-order valence-corrected chi connectivity index (χ2v) is 7.70. The number of halogens is 1. The molecule has 2 aliphatic rings. The van der Waals surface area contributed by atoms with Gasteiger partial charge in [-0.2, -0.15) is 0 Å². The predicted octanol–water partition coefficient (Wildman–Crippen LogP) is 3.20. The lowest BCUT2D eigenvalue weighted by Gasteiger charge is -2.36. The van der Waals surface area contributed by atoms with Crippen molar-refractivity contribution in [3.05, 3.63) is 63.1 Å². The minimum Gasteiger partial charge on any atom is -0.496 e. The van der Waals surface area contributed by atoms with Crippen LogP contribution in [0, 0.1) is 0 Å². The van der Waals surface area contributed by atoms with Gasteiger partial charge in [0.05, 0.1) is 24.3 Å². The Morgan fingerprint density at radius 3 is 2.43 bits per heavy atom. The summed E-state index contributed by atoms with van der Waals surface area (Å²) in [6, 6.07) is 10.4. The first kappa shape index (κ1) is 18.7. The summed E-state index contributed by atoms with van der Waals surface area (Å²) in [5.74, 6) is 0.142. The number of carbonyl (C=O) groups excluding carboxylic acids is 3. The number of methoxy groups -OCH3 is 1. The van der Waals surface area contributed by atoms with Crippen molar-refractivity contribution in [1.82, 2.24) is 9.80 Å². The molecule has 0 saturated heterocycles. The van der Waals surface area contributed by atoms with Crippen molar-refractivity contribution in [2.24, 2.45) is 0 Å². The van der Waals surface area contributed by atoms with E-state index in [9.17, 15) is 14.4 Å². The third-order valence-electron chi connectivity index (χ3n) is 5.47. The molecule has 0 unspecified atom stereocenters. The minimum absolute atomic E-state index is 0.233. The van der Waals surface area contributed by atoms with Gasteiger partial charge in [-0.1, -0.05) is 28.1 Å². The molecule has 0 aromatic heterocycles. The highest BCUT2D eigenvalue weighted by Crippen LogP contribution is 2.41. The van der Waals surface area contributed by atoms with Crippen molar-refractivity contribution in [3.63, 3.8) is 0 Å². The Bertz CT molecular complexity index is 940. The first-order chi connectivity index (χ1) is 13.6. The molecule has 0 N–H and O–H groups in total. The van der Waals surface area contributed by atoms with Crippen LogP contribution in [0.5, 0.6) is 5.75 Å². The fourth-order valence-corrected chi connectivity index (χ4v) is 4.65. The molecule has 2 aromatic rings. The number of ether oxygens (including phenoxy) is 1. The Hall–Kier alpha value is -2.67. The van der Waals surface area contributed by atoms with Crippen LogP contribution < -0.4 is 4.74 Å². The van der Waals surface area contributed by atoms with E-state index < -0.39 is 0 Å². The fourth-order valence-electron chi connectivity index (χ4n) is 4.11. The molecule has 2 aromatic carbocycles. The summed E-state index contributed by atoms with van der Waals surface area (Å²) < 4.78 is 6.52. The van der Waals surface area contributed by atoms with Gasteiger partial charge in [-0.3, -0.25) is 19.3 Å². The van der Waals surface area contributed by atoms with Crippen molar-refractivity contribution < 1.29 is 19.1 Å². The average Bonchev–Trinajstić information content (AvgIpc) is 2.97. The van der Waals surface area contributed by atoms with Crippen LogP contribution in [0.1, 0.15) is 44.3 Å². The molecule has 7 heteroatoms. The zero-order valence-electron chi connectivity index (χ0n) is 15.4. The zero-order chi connectivity index (χ0) is 19.8. The molecule has 4 rings (SSSR count). The maximum atomic E-state index is 12.6. The zero-order valence-corrected chi connectivity index (χ0v) is 16.9. The third-order valence-corrected chi connectivity index (χ3v) is 6.22. The van der Waals surface area contributed by atoms with Gasteiger partial charge in [-0.25, -0.2) is 0 Å². The summed E-state index contributed by atoms with van der Waals surface area (Å²) in [6.45, 7) is 0.811. The summed E-state index contributed by atoms with van der Waals surface area (Å²) >= 11 is 3.59. The Kier molecular flexibility index (Phi) is 4.93. The van der Waals surface area contributed by atoms with Crippen LogP contribution in [0.2, 0.25) is 0 Å². The Morgan fingerprint density at radius 1 is 1.14 bits per heavy atom. The number of carbonyl (C=O) groups is 3. The lowest BCUT2D eigenvalue weighted by atomic mass is 9.90. The van der Waals surface area contributed by atoms with Gasteiger partial charge in [-0.05, 0) is 42.7 Å². The quantitative estimate of drug-likeness (QED) is 0.526. The highest BCUT2D eigenvalue weighted by molar-refractivity contribution is 9.10. The number of fused-ring (bicyclic) bond motifs is 2. The lowest BCUT2D eigenvalue weighted by Crippen LogP contribution is -2.38. The normalized spacial score (nSPS) is 18.1. The second-order valence-electron chi connectivity index (χ2n) is 6.85. The molecular formula is C21H19BrN2O4. The van der Waals surface area contributed by atoms with E-state index in [1.807, 2.05) is 12.1 Å². The molecule has 0 aliphatic carbocycles. The van der Waals surface area contributed by atoms with E-state index in [4.69, 9.17) is 4.74 Å². The maximum Gasteiger partial charge on any atom is 0.261 e. The Labute approximate surface area is 171 Å². The molecule has 144 valence electrons. The second kappa shape index (κ2) is 7.39. The van der Waals surface area contributed by atoms with Gasteiger partial charge in [0.15, 0.2) is 0 Å². The molecule has 0 bridgehead atoms. The monoisotopic (exact) mass is 442 g/mol. The van der Waals surface area contributed by atoms with Crippen molar-refractivity contribution in [2.45, 2.75) is 18.9 Å². The Morgan fingerprint density at radius 2 is 1.82 bits per heavy atom. The van der Waals surface area contributed by atoms with Gasteiger partial charge in [0.1, 0.15) is 5.75 Å². The molecule has 2 aliphatic heterocycles. The maximum absolute atomic E-state index is 12.6. The van der Waals surface area contributed by atoms with E-state index in [2.05, 4.69) is 15.9 Å². The SMILES string of the molecule is COc1ccc(Br)c2c1[C@@H](CCN1C(=O)c3ccccc3C1=O)N(C=O)CC2. The van der Waals surface area contributed by atoms with Crippen LogP contribution in [0.15, 0.2) is 40.9 Å². The first-order valence-corrected chi connectivity index (χ1v) is 9.87. The van der Waals surface area contributed by atoms with Gasteiger partial charge in [0.2, 0.25) is 6.41 Å². The van der Waals surface area contributed by atoms with Crippen molar-refractivity contribution >= 4 is 34.2 Å². The molecule has 0 radical (unpaired) electrons. The smallest absolute Gasteiger partial charge is 0.261 e. The molecule has 0 fully saturated rings. The topological polar surface area (TPSA) is 66.9 Å². The molecule has 0 spiro atoms. The van der Waals surface area contributed by atoms with Gasteiger partial charge < -0.3 is 9.64 Å². The number of amides is 3. The van der Waals surface area contributed by atoms with Crippen LogP contribution in [-0.2, 0) is 11.2 Å². The summed E-state index contributed by atoms with van der Waals surface area (Å²) in [5, 5.41) is 0. The van der Waals surface area contributed by atoms with Crippen LogP contribution >= 0.6 is 15.9 Å². The predicted molar refractivity (Wildman–Crippen MR) is 106 cm³/mol. The van der Waals surface area contributed by atoms with Crippen molar-refractivity contribution in [2.75, 3.05) is 20.2 Å². The summed E-state index contributed by atoms with van der Waals surface area (Å²) in [7, 11) is 1.60. The molecule has 1 atom stereocenters. The Balaban J connectivity index is 1.64. The van der Waals surface area contributed by atoms with Gasteiger partial charge in [0, 0.05) is 23.1 Å². The average molecular weight is 443 g/mol. The van der Waals surface area contributed by atoms with Crippen LogP contribution in [0.25, 0.3) is 0 Å². The highest BCUT2D eigenvalue weighted by atomic mass is 79.9. The molecule has 6 nitrogen and oxygen atoms in total. The van der Waals surface area contributed by atoms with E-state index in [1.165, 1.54) is 4.90 Å². The van der Waals surface area contributed by atoms with E-state index in [0.29, 0.717) is 29.8 Å². The molecule has 3 amide bonds. The molecular weight excluding hydrogens is 424 g/mol. The first-order valence-electron chi connectivity index (χ1n) is 9.08. The van der Waals surface area contributed by atoms with Gasteiger partial charge >= 0.3 is 0 Å². The van der Waals surface area contributed by atoms with E-state index in [0.717, 1.165) is 28.4 Å². The minimum atomic E-state index is -0.282. The summed E-state index contributed by atoms with van der Waals surface area (Å²) in [6.07, 6.45) is 2.00. The van der Waals surface area contributed by atoms with Crippen LogP contribution in [0.3, 0.4) is 0 Å². The van der Waals surface area contributed by atoms with Gasteiger partial charge in [-0.15, -0.1) is 0 Å². The lowest BCUT2D eigenvalue weighted by molar-refractivity contribution is -0.120. The van der Waals surface area contributed by atoms with Crippen LogP contribution in [0.4, 0.5) is 0 Å². The van der Waals surface area contributed by atoms with E-state index >= 15 is 0 Å². The molecule has 28 heavy (non-hydrogen) atoms. The standard InChI is InChI=1S/C21H19BrN2O4/c1-28-18-7-6-16(22)15-8-10-23(12-25)17(19(15)18)9-11-24-20(26)13-4-2-3-5-14(13)21(24)27/h2-7,12,17H,8-11H2,1H3/t17-/m1/s1. The number of nitrogens with zero attached hydrogens (tertiary/aromatic N) is 2. The highest BCUT2D eigenvalue weighted by Gasteiger charge is 2.37. The number of hydrogen-bond donors (Lipinski definition) is 0. The van der Waals surface area contributed by atoms with Crippen LogP contribution in [-0.4, -0.2) is 48.2 Å². The van der Waals surface area contributed by atoms with Crippen molar-refractivity contribution in [3.8, 4) is 5.75 Å². The molecule has 0 saturated carbocycles. The van der Waals surface area contributed by atoms with E-state index in [-0.39, 0.29) is 24.4 Å². The largest absolute Gasteiger partial charge is 0.496 e. The number of hydrogen-bond acceptors (Lipinski definition) is 4. The van der Waals surface area contributed by atoms with Gasteiger partial charge in [0.25, 0.3) is 11.8 Å². The van der Waals surface area contributed by atoms with E-state index in [1.54, 1.807) is 36.3 Å². The van der Waals surface area contributed by atoms with Crippen molar-refractivity contribution in [1.29, 1.82) is 0 Å². The summed E-state index contributed by atoms with van der Waals surface area (Å²) in [4.78, 5) is 40.0. The number of rotatable bonds is 5. The number of imide groups is 1. The molecule has 2 heterocycles.